The smallest absolute Gasteiger partial charge is 0.334 e. The summed E-state index contributed by atoms with van der Waals surface area (Å²) in [4.78, 5) is 13.8. The summed E-state index contributed by atoms with van der Waals surface area (Å²) in [5.74, 6) is 0. The first kappa shape index (κ1) is 17.6. The van der Waals surface area contributed by atoms with E-state index >= 15 is 0 Å². The van der Waals surface area contributed by atoms with Gasteiger partial charge in [0, 0.05) is 44.6 Å². The van der Waals surface area contributed by atoms with Crippen molar-refractivity contribution in [3.05, 3.63) is 34.9 Å². The molecule has 1 fully saturated rings. The van der Waals surface area contributed by atoms with E-state index < -0.39 is 17.9 Å². The van der Waals surface area contributed by atoms with Gasteiger partial charge in [-0.3, -0.25) is 9.36 Å². The van der Waals surface area contributed by atoms with E-state index in [0.29, 0.717) is 24.5 Å². The average Bonchev–Trinajstić information content (AvgIpc) is 3.22. The molecule has 1 aliphatic heterocycles. The van der Waals surface area contributed by atoms with Gasteiger partial charge in [-0.2, -0.15) is 23.4 Å². The van der Waals surface area contributed by atoms with Gasteiger partial charge in [-0.25, -0.2) is 4.79 Å². The molecule has 3 heterocycles. The second kappa shape index (κ2) is 6.58. The van der Waals surface area contributed by atoms with Crippen molar-refractivity contribution in [1.29, 1.82) is 0 Å². The standard InChI is InChI=1S/C14H16ClF3N6O/c1-22-6-9(12(21-22)14(16,17)18)4-19-13(25)23-3-2-11(8-23)24-7-10(15)5-20-24/h5-7,11H,2-4,8H2,1H3,(H,19,25). The Labute approximate surface area is 146 Å². The number of carbonyl (C=O) groups is 1. The molecule has 0 saturated carbocycles. The number of amides is 2. The van der Waals surface area contributed by atoms with E-state index in [1.165, 1.54) is 19.4 Å². The number of hydrogen-bond acceptors (Lipinski definition) is 3. The third-order valence-electron chi connectivity index (χ3n) is 4.00. The van der Waals surface area contributed by atoms with Crippen molar-refractivity contribution in [2.75, 3.05) is 13.1 Å². The molecule has 0 aromatic carbocycles. The van der Waals surface area contributed by atoms with E-state index in [9.17, 15) is 18.0 Å². The van der Waals surface area contributed by atoms with Crippen LogP contribution in [0.4, 0.5) is 18.0 Å². The Kier molecular flexibility index (Phi) is 4.63. The number of halogens is 4. The zero-order valence-corrected chi connectivity index (χ0v) is 14.0. The summed E-state index contributed by atoms with van der Waals surface area (Å²) in [6.45, 7) is 0.673. The van der Waals surface area contributed by atoms with Crippen molar-refractivity contribution in [3.63, 3.8) is 0 Å². The highest BCUT2D eigenvalue weighted by atomic mass is 35.5. The lowest BCUT2D eigenvalue weighted by Gasteiger charge is -2.17. The molecule has 2 aromatic rings. The number of rotatable bonds is 3. The van der Waals surface area contributed by atoms with Crippen LogP contribution >= 0.6 is 11.6 Å². The highest BCUT2D eigenvalue weighted by Crippen LogP contribution is 2.30. The second-order valence-electron chi connectivity index (χ2n) is 5.86. The minimum Gasteiger partial charge on any atom is -0.334 e. The molecule has 0 radical (unpaired) electrons. The van der Waals surface area contributed by atoms with Gasteiger partial charge in [0.2, 0.25) is 0 Å². The van der Waals surface area contributed by atoms with Gasteiger partial charge in [0.25, 0.3) is 0 Å². The number of aromatic nitrogens is 4. The van der Waals surface area contributed by atoms with Crippen molar-refractivity contribution < 1.29 is 18.0 Å². The number of nitrogens with one attached hydrogen (secondary N) is 1. The Morgan fingerprint density at radius 3 is 2.84 bits per heavy atom. The molecule has 1 unspecified atom stereocenters. The van der Waals surface area contributed by atoms with E-state index in [4.69, 9.17) is 11.6 Å². The monoisotopic (exact) mass is 376 g/mol. The first-order valence-electron chi connectivity index (χ1n) is 7.56. The second-order valence-corrected chi connectivity index (χ2v) is 6.30. The van der Waals surface area contributed by atoms with Crippen LogP contribution in [0.5, 0.6) is 0 Å². The molecule has 11 heteroatoms. The zero-order chi connectivity index (χ0) is 18.2. The molecule has 25 heavy (non-hydrogen) atoms. The highest BCUT2D eigenvalue weighted by molar-refractivity contribution is 6.30. The van der Waals surface area contributed by atoms with Crippen LogP contribution in [0.1, 0.15) is 23.7 Å². The van der Waals surface area contributed by atoms with Gasteiger partial charge < -0.3 is 10.2 Å². The predicted octanol–water partition coefficient (Wildman–Crippen LogP) is 2.45. The Hall–Kier alpha value is -2.23. The molecule has 3 rings (SSSR count). The predicted molar refractivity (Wildman–Crippen MR) is 82.9 cm³/mol. The summed E-state index contributed by atoms with van der Waals surface area (Å²) in [5.41, 5.74) is -1.06. The zero-order valence-electron chi connectivity index (χ0n) is 13.3. The van der Waals surface area contributed by atoms with Crippen LogP contribution in [0.2, 0.25) is 5.02 Å². The minimum absolute atomic E-state index is 0.00220. The highest BCUT2D eigenvalue weighted by Gasteiger charge is 2.37. The lowest BCUT2D eigenvalue weighted by atomic mass is 10.2. The maximum Gasteiger partial charge on any atom is 0.435 e. The molecule has 7 nitrogen and oxygen atoms in total. The minimum atomic E-state index is -4.56. The maximum atomic E-state index is 12.9. The van der Waals surface area contributed by atoms with Crippen LogP contribution in [0.3, 0.4) is 0 Å². The summed E-state index contributed by atoms with van der Waals surface area (Å²) in [6.07, 6.45) is 0.595. The topological polar surface area (TPSA) is 68.0 Å². The average molecular weight is 377 g/mol. The Morgan fingerprint density at radius 1 is 1.44 bits per heavy atom. The molecule has 2 aromatic heterocycles. The Bertz CT molecular complexity index is 771. The number of likely N-dealkylation sites (tertiary alicyclic amines) is 1. The quantitative estimate of drug-likeness (QED) is 0.894. The first-order chi connectivity index (χ1) is 11.7. The molecule has 1 N–H and O–H groups in total. The summed E-state index contributed by atoms with van der Waals surface area (Å²) < 4.78 is 41.5. The van der Waals surface area contributed by atoms with Gasteiger partial charge in [0.1, 0.15) is 0 Å². The maximum absolute atomic E-state index is 12.9. The number of hydrogen-bond donors (Lipinski definition) is 1. The summed E-state index contributed by atoms with van der Waals surface area (Å²) in [6, 6.07) is -0.417. The molecule has 2 amide bonds. The van der Waals surface area contributed by atoms with E-state index in [1.54, 1.807) is 15.8 Å². The lowest BCUT2D eigenvalue weighted by Crippen LogP contribution is -2.38. The molecular weight excluding hydrogens is 361 g/mol. The largest absolute Gasteiger partial charge is 0.435 e. The van der Waals surface area contributed by atoms with Crippen LogP contribution in [-0.2, 0) is 19.8 Å². The summed E-state index contributed by atoms with van der Waals surface area (Å²) >= 11 is 5.83. The van der Waals surface area contributed by atoms with E-state index in [-0.39, 0.29) is 18.2 Å². The third kappa shape index (κ3) is 3.89. The van der Waals surface area contributed by atoms with Gasteiger partial charge in [-0.1, -0.05) is 11.6 Å². The van der Waals surface area contributed by atoms with Gasteiger partial charge in [-0.05, 0) is 6.42 Å². The molecule has 1 saturated heterocycles. The molecule has 0 spiro atoms. The number of alkyl halides is 3. The number of nitrogens with zero attached hydrogens (tertiary/aromatic N) is 5. The lowest BCUT2D eigenvalue weighted by molar-refractivity contribution is -0.142. The van der Waals surface area contributed by atoms with E-state index in [0.717, 1.165) is 4.68 Å². The fourth-order valence-electron chi connectivity index (χ4n) is 2.85. The van der Waals surface area contributed by atoms with Crippen molar-refractivity contribution in [2.24, 2.45) is 7.05 Å². The van der Waals surface area contributed by atoms with Crippen LogP contribution in [0.15, 0.2) is 18.6 Å². The van der Waals surface area contributed by atoms with Crippen molar-refractivity contribution >= 4 is 17.6 Å². The molecule has 1 atom stereocenters. The molecule has 0 bridgehead atoms. The van der Waals surface area contributed by atoms with Crippen LogP contribution in [-0.4, -0.2) is 43.6 Å². The van der Waals surface area contributed by atoms with Crippen molar-refractivity contribution in [1.82, 2.24) is 29.8 Å². The van der Waals surface area contributed by atoms with Gasteiger partial charge in [0.15, 0.2) is 5.69 Å². The summed E-state index contributed by atoms with van der Waals surface area (Å²) in [7, 11) is 1.40. The van der Waals surface area contributed by atoms with Gasteiger partial charge in [0.05, 0.1) is 17.3 Å². The van der Waals surface area contributed by atoms with E-state index in [1.807, 2.05) is 0 Å². The fraction of sp³-hybridized carbons (Fsp3) is 0.500. The Morgan fingerprint density at radius 2 is 2.20 bits per heavy atom. The summed E-state index contributed by atoms with van der Waals surface area (Å²) in [5, 5.41) is 10.6. The molecule has 0 aliphatic carbocycles. The first-order valence-corrected chi connectivity index (χ1v) is 7.94. The number of carbonyl (C=O) groups excluding carboxylic acids is 1. The van der Waals surface area contributed by atoms with Crippen molar-refractivity contribution in [3.8, 4) is 0 Å². The van der Waals surface area contributed by atoms with Crippen LogP contribution in [0, 0.1) is 0 Å². The number of aryl methyl sites for hydroxylation is 1. The van der Waals surface area contributed by atoms with Crippen LogP contribution < -0.4 is 5.32 Å². The van der Waals surface area contributed by atoms with Crippen LogP contribution in [0.25, 0.3) is 0 Å². The van der Waals surface area contributed by atoms with Gasteiger partial charge in [-0.15, -0.1) is 0 Å². The molecular formula is C14H16ClF3N6O. The normalized spacial score (nSPS) is 18.0. The molecule has 1 aliphatic rings. The van der Waals surface area contributed by atoms with E-state index in [2.05, 4.69) is 15.5 Å². The van der Waals surface area contributed by atoms with Gasteiger partial charge >= 0.3 is 12.2 Å². The fourth-order valence-corrected chi connectivity index (χ4v) is 2.99. The molecule has 136 valence electrons. The number of urea groups is 1. The van der Waals surface area contributed by atoms with Crippen molar-refractivity contribution in [2.45, 2.75) is 25.2 Å². The third-order valence-corrected chi connectivity index (χ3v) is 4.19. The SMILES string of the molecule is Cn1cc(CNC(=O)N2CCC(n3cc(Cl)cn3)C2)c(C(F)(F)F)n1. The Balaban J connectivity index is 1.59.